The van der Waals surface area contributed by atoms with Crippen LogP contribution in [0.25, 0.3) is 11.2 Å². The summed E-state index contributed by atoms with van der Waals surface area (Å²) >= 11 is 1.51. The number of thioether (sulfide) groups is 1. The van der Waals surface area contributed by atoms with Gasteiger partial charge >= 0.3 is 0 Å². The van der Waals surface area contributed by atoms with Gasteiger partial charge in [0.1, 0.15) is 23.8 Å². The third-order valence-electron chi connectivity index (χ3n) is 4.20. The first-order valence-electron chi connectivity index (χ1n) is 8.32. The van der Waals surface area contributed by atoms with Crippen LogP contribution in [0, 0.1) is 0 Å². The minimum Gasteiger partial charge on any atom is -0.394 e. The van der Waals surface area contributed by atoms with E-state index in [1.165, 1.54) is 22.7 Å². The van der Waals surface area contributed by atoms with E-state index in [0.717, 1.165) is 25.0 Å². The van der Waals surface area contributed by atoms with Gasteiger partial charge in [-0.1, -0.05) is 31.5 Å². The number of aliphatic hydroxyl groups excluding tert-OH is 3. The molecule has 4 atom stereocenters. The van der Waals surface area contributed by atoms with Crippen LogP contribution < -0.4 is 5.73 Å². The van der Waals surface area contributed by atoms with E-state index in [4.69, 9.17) is 10.5 Å². The van der Waals surface area contributed by atoms with Gasteiger partial charge in [-0.3, -0.25) is 4.57 Å². The molecule has 10 heteroatoms. The fourth-order valence-electron chi connectivity index (χ4n) is 2.79. The van der Waals surface area contributed by atoms with Crippen LogP contribution in [0.5, 0.6) is 0 Å². The maximum Gasteiger partial charge on any atom is 0.191 e. The Kier molecular flexibility index (Phi) is 5.74. The van der Waals surface area contributed by atoms with E-state index < -0.39 is 31.1 Å². The molecule has 0 spiro atoms. The van der Waals surface area contributed by atoms with E-state index in [0.29, 0.717) is 16.3 Å². The highest BCUT2D eigenvalue weighted by molar-refractivity contribution is 7.99. The lowest BCUT2D eigenvalue weighted by molar-refractivity contribution is -0.0511. The number of fused-ring (bicyclic) bond motifs is 1. The average molecular weight is 369 g/mol. The molecule has 0 aliphatic carbocycles. The monoisotopic (exact) mass is 369 g/mol. The normalized spacial score (nSPS) is 26.6. The zero-order valence-electron chi connectivity index (χ0n) is 13.9. The number of ether oxygens (including phenoxy) is 1. The predicted octanol–water partition coefficient (Wildman–Crippen LogP) is 0.302. The number of hydrogen-bond acceptors (Lipinski definition) is 9. The fourth-order valence-corrected chi connectivity index (χ4v) is 3.64. The Morgan fingerprint density at radius 3 is 2.76 bits per heavy atom. The molecule has 2 aromatic heterocycles. The van der Waals surface area contributed by atoms with Crippen molar-refractivity contribution in [1.29, 1.82) is 0 Å². The number of rotatable bonds is 7. The van der Waals surface area contributed by atoms with Crippen molar-refractivity contribution in [3.8, 4) is 0 Å². The molecule has 0 saturated carbocycles. The van der Waals surface area contributed by atoms with Crippen LogP contribution in [0.4, 0.5) is 5.82 Å². The largest absolute Gasteiger partial charge is 0.394 e. The van der Waals surface area contributed by atoms with Crippen molar-refractivity contribution in [3.63, 3.8) is 0 Å². The van der Waals surface area contributed by atoms with Crippen LogP contribution in [0.1, 0.15) is 32.4 Å². The number of nitrogens with zero attached hydrogens (tertiary/aromatic N) is 4. The second-order valence-electron chi connectivity index (χ2n) is 6.00. The summed E-state index contributed by atoms with van der Waals surface area (Å²) in [6.07, 6.45) is 0.647. The van der Waals surface area contributed by atoms with Crippen LogP contribution in [0.15, 0.2) is 11.5 Å². The summed E-state index contributed by atoms with van der Waals surface area (Å²) in [4.78, 5) is 12.9. The number of aliphatic hydroxyl groups is 3. The van der Waals surface area contributed by atoms with Crippen LogP contribution in [-0.2, 0) is 4.74 Å². The van der Waals surface area contributed by atoms with Crippen molar-refractivity contribution in [2.75, 3.05) is 18.1 Å². The summed E-state index contributed by atoms with van der Waals surface area (Å²) in [5, 5.41) is 29.9. The Morgan fingerprint density at radius 2 is 2.08 bits per heavy atom. The summed E-state index contributed by atoms with van der Waals surface area (Å²) in [6, 6.07) is 0. The van der Waals surface area contributed by atoms with Gasteiger partial charge in [0.05, 0.1) is 12.9 Å². The van der Waals surface area contributed by atoms with Crippen molar-refractivity contribution >= 4 is 28.7 Å². The van der Waals surface area contributed by atoms with Gasteiger partial charge in [-0.05, 0) is 6.42 Å². The third kappa shape index (κ3) is 3.58. The van der Waals surface area contributed by atoms with Crippen LogP contribution in [0.2, 0.25) is 0 Å². The molecule has 25 heavy (non-hydrogen) atoms. The summed E-state index contributed by atoms with van der Waals surface area (Å²) in [7, 11) is 0. The van der Waals surface area contributed by atoms with Crippen LogP contribution in [-0.4, -0.2) is 65.5 Å². The molecule has 3 heterocycles. The fraction of sp³-hybridized carbons (Fsp3) is 0.667. The Bertz CT molecular complexity index is 727. The highest BCUT2D eigenvalue weighted by Gasteiger charge is 2.44. The van der Waals surface area contributed by atoms with Gasteiger partial charge in [0.2, 0.25) is 0 Å². The van der Waals surface area contributed by atoms with Crippen molar-refractivity contribution < 1.29 is 20.1 Å². The second-order valence-corrected chi connectivity index (χ2v) is 7.06. The highest BCUT2D eigenvalue weighted by Crippen LogP contribution is 2.32. The first kappa shape index (κ1) is 18.3. The molecule has 0 radical (unpaired) electrons. The van der Waals surface area contributed by atoms with E-state index >= 15 is 0 Å². The molecule has 1 aliphatic heterocycles. The first-order valence-corrected chi connectivity index (χ1v) is 9.30. The van der Waals surface area contributed by atoms with Gasteiger partial charge < -0.3 is 25.8 Å². The maximum absolute atomic E-state index is 10.2. The quantitative estimate of drug-likeness (QED) is 0.308. The standard InChI is InChI=1S/C15H23N5O4S/c1-2-3-4-5-25-15-18-12(16)9-13(19-15)20(7-17-9)14-11(23)10(22)8(6-21)24-14/h7-8,10-11,14,21-23H,2-6H2,1H3,(H2,16,18,19)/t8-,10-,11-,14?/m1/s1. The minimum absolute atomic E-state index is 0.258. The summed E-state index contributed by atoms with van der Waals surface area (Å²) in [5.74, 6) is 1.15. The number of nitrogen functional groups attached to an aromatic ring is 1. The van der Waals surface area contributed by atoms with Crippen molar-refractivity contribution in [1.82, 2.24) is 19.5 Å². The molecule has 1 fully saturated rings. The number of aromatic nitrogens is 4. The van der Waals surface area contributed by atoms with Gasteiger partial charge in [-0.2, -0.15) is 0 Å². The molecule has 1 unspecified atom stereocenters. The molecule has 1 aliphatic rings. The highest BCUT2D eigenvalue weighted by atomic mass is 32.2. The van der Waals surface area contributed by atoms with Gasteiger partial charge in [-0.15, -0.1) is 0 Å². The van der Waals surface area contributed by atoms with E-state index in [1.807, 2.05) is 0 Å². The molecule has 0 bridgehead atoms. The molecule has 3 rings (SSSR count). The van der Waals surface area contributed by atoms with Crippen molar-refractivity contribution in [3.05, 3.63) is 6.33 Å². The molecule has 138 valence electrons. The molecule has 2 aromatic rings. The molecule has 1 saturated heterocycles. The number of imidazole rings is 1. The minimum atomic E-state index is -1.20. The van der Waals surface area contributed by atoms with E-state index in [1.54, 1.807) is 0 Å². The molecule has 5 N–H and O–H groups in total. The maximum atomic E-state index is 10.2. The number of nitrogens with two attached hydrogens (primary N) is 1. The number of unbranched alkanes of at least 4 members (excludes halogenated alkanes) is 2. The third-order valence-corrected chi connectivity index (χ3v) is 5.13. The Morgan fingerprint density at radius 1 is 1.28 bits per heavy atom. The molecular weight excluding hydrogens is 346 g/mol. The SMILES string of the molecule is CCCCCSc1nc(N)c2ncn(C3O[C@H](CO)[C@@H](O)[C@H]3O)c2n1. The van der Waals surface area contributed by atoms with Crippen molar-refractivity contribution in [2.24, 2.45) is 0 Å². The molecule has 0 aromatic carbocycles. The average Bonchev–Trinajstić information content (AvgIpc) is 3.14. The van der Waals surface area contributed by atoms with Gasteiger partial charge in [0.15, 0.2) is 22.8 Å². The predicted molar refractivity (Wildman–Crippen MR) is 93.0 cm³/mol. The van der Waals surface area contributed by atoms with E-state index in [2.05, 4.69) is 21.9 Å². The lowest BCUT2D eigenvalue weighted by Crippen LogP contribution is -2.33. The topological polar surface area (TPSA) is 140 Å². The van der Waals surface area contributed by atoms with Gasteiger partial charge in [-0.25, -0.2) is 15.0 Å². The van der Waals surface area contributed by atoms with Crippen LogP contribution >= 0.6 is 11.8 Å². The lowest BCUT2D eigenvalue weighted by Gasteiger charge is -2.16. The Hall–Kier alpha value is -1.46. The smallest absolute Gasteiger partial charge is 0.191 e. The van der Waals surface area contributed by atoms with E-state index in [-0.39, 0.29) is 5.82 Å². The second kappa shape index (κ2) is 7.83. The number of anilines is 1. The molecule has 0 amide bonds. The summed E-state index contributed by atoms with van der Waals surface area (Å²) in [5.41, 5.74) is 6.83. The van der Waals surface area contributed by atoms with Gasteiger partial charge in [0, 0.05) is 5.75 Å². The first-order chi connectivity index (χ1) is 12.1. The lowest BCUT2D eigenvalue weighted by atomic mass is 10.1. The number of hydrogen-bond donors (Lipinski definition) is 4. The zero-order chi connectivity index (χ0) is 18.0. The van der Waals surface area contributed by atoms with Crippen LogP contribution in [0.3, 0.4) is 0 Å². The Labute approximate surface area is 149 Å². The van der Waals surface area contributed by atoms with Crippen molar-refractivity contribution in [2.45, 2.75) is 55.9 Å². The Balaban J connectivity index is 1.88. The zero-order valence-corrected chi connectivity index (χ0v) is 14.8. The molecule has 9 nitrogen and oxygen atoms in total. The van der Waals surface area contributed by atoms with Gasteiger partial charge in [0.25, 0.3) is 0 Å². The van der Waals surface area contributed by atoms with E-state index in [9.17, 15) is 15.3 Å². The summed E-state index contributed by atoms with van der Waals surface area (Å²) in [6.45, 7) is 1.75. The summed E-state index contributed by atoms with van der Waals surface area (Å²) < 4.78 is 7.07. The molecular formula is C15H23N5O4S.